The Morgan fingerprint density at radius 1 is 1.17 bits per heavy atom. The topological polar surface area (TPSA) is 54.9 Å². The van der Waals surface area contributed by atoms with Gasteiger partial charge in [-0.2, -0.15) is 0 Å². The molecule has 0 fully saturated rings. The molecule has 18 heavy (non-hydrogen) atoms. The van der Waals surface area contributed by atoms with Gasteiger partial charge >= 0.3 is 0 Å². The van der Waals surface area contributed by atoms with E-state index in [4.69, 9.17) is 0 Å². The number of hydrogen-bond acceptors (Lipinski definition) is 3. The molecule has 0 aliphatic rings. The van der Waals surface area contributed by atoms with Crippen molar-refractivity contribution in [2.75, 3.05) is 0 Å². The van der Waals surface area contributed by atoms with Crippen LogP contribution < -0.4 is 5.32 Å². The van der Waals surface area contributed by atoms with Crippen molar-refractivity contribution in [1.29, 1.82) is 0 Å². The molecule has 1 aromatic heterocycles. The molecule has 1 N–H and O–H groups in total. The van der Waals surface area contributed by atoms with Gasteiger partial charge in [-0.25, -0.2) is 4.98 Å². The van der Waals surface area contributed by atoms with E-state index < -0.39 is 0 Å². The molecule has 2 aromatic rings. The zero-order chi connectivity index (χ0) is 12.8. The van der Waals surface area contributed by atoms with Crippen molar-refractivity contribution in [3.05, 3.63) is 59.7 Å². The lowest BCUT2D eigenvalue weighted by Crippen LogP contribution is -2.23. The Bertz CT molecular complexity index is 508. The summed E-state index contributed by atoms with van der Waals surface area (Å²) in [5, 5.41) is 2.81. The van der Waals surface area contributed by atoms with Crippen molar-refractivity contribution < 1.29 is 4.79 Å². The van der Waals surface area contributed by atoms with Crippen LogP contribution in [0.4, 0.5) is 0 Å². The second kappa shape index (κ2) is 5.91. The van der Waals surface area contributed by atoms with Gasteiger partial charge in [0.05, 0.1) is 6.20 Å². The number of carbonyl (C=O) groups excluding carboxylic acids is 1. The van der Waals surface area contributed by atoms with Crippen LogP contribution in [0.1, 0.15) is 28.5 Å². The highest BCUT2D eigenvalue weighted by Gasteiger charge is 2.05. The summed E-state index contributed by atoms with van der Waals surface area (Å²) in [6, 6.07) is 8.19. The lowest BCUT2D eigenvalue weighted by molar-refractivity contribution is 0.0945. The molecule has 0 unspecified atom stereocenters. The van der Waals surface area contributed by atoms with E-state index in [0.29, 0.717) is 12.2 Å². The minimum Gasteiger partial charge on any atom is -0.347 e. The van der Waals surface area contributed by atoms with Gasteiger partial charge in [-0.3, -0.25) is 9.78 Å². The molecule has 92 valence electrons. The van der Waals surface area contributed by atoms with Gasteiger partial charge < -0.3 is 5.32 Å². The van der Waals surface area contributed by atoms with Crippen LogP contribution in [0.15, 0.2) is 42.9 Å². The molecule has 4 heteroatoms. The summed E-state index contributed by atoms with van der Waals surface area (Å²) < 4.78 is 0. The van der Waals surface area contributed by atoms with Gasteiger partial charge in [0.2, 0.25) is 0 Å². The van der Waals surface area contributed by atoms with Gasteiger partial charge in [-0.05, 0) is 17.5 Å². The van der Waals surface area contributed by atoms with E-state index in [-0.39, 0.29) is 5.91 Å². The van der Waals surface area contributed by atoms with Crippen LogP contribution in [0.2, 0.25) is 0 Å². The van der Waals surface area contributed by atoms with E-state index in [0.717, 1.165) is 12.0 Å². The Hall–Kier alpha value is -2.23. The maximum Gasteiger partial charge on any atom is 0.271 e. The molecule has 4 nitrogen and oxygen atoms in total. The maximum absolute atomic E-state index is 11.7. The van der Waals surface area contributed by atoms with Gasteiger partial charge in [0.15, 0.2) is 0 Å². The number of nitrogens with zero attached hydrogens (tertiary/aromatic N) is 2. The van der Waals surface area contributed by atoms with Crippen LogP contribution in [-0.2, 0) is 13.0 Å². The predicted molar refractivity (Wildman–Crippen MR) is 69.0 cm³/mol. The summed E-state index contributed by atoms with van der Waals surface area (Å²) in [5.41, 5.74) is 2.70. The molecular weight excluding hydrogens is 226 g/mol. The number of nitrogens with one attached hydrogen (secondary N) is 1. The molecule has 0 aliphatic carbocycles. The van der Waals surface area contributed by atoms with Crippen LogP contribution in [0.5, 0.6) is 0 Å². The third-order valence-corrected chi connectivity index (χ3v) is 2.68. The fourth-order valence-electron chi connectivity index (χ4n) is 1.58. The van der Waals surface area contributed by atoms with Crippen molar-refractivity contribution in [1.82, 2.24) is 15.3 Å². The van der Waals surface area contributed by atoms with E-state index in [1.54, 1.807) is 6.20 Å². The standard InChI is InChI=1S/C14H15N3O/c1-2-11-3-5-12(6-4-11)9-17-14(18)13-10-15-7-8-16-13/h3-8,10H,2,9H2,1H3,(H,17,18). The van der Waals surface area contributed by atoms with Crippen LogP contribution in [0.3, 0.4) is 0 Å². The Labute approximate surface area is 106 Å². The van der Waals surface area contributed by atoms with E-state index in [1.807, 2.05) is 12.1 Å². The fourth-order valence-corrected chi connectivity index (χ4v) is 1.58. The Morgan fingerprint density at radius 3 is 2.50 bits per heavy atom. The maximum atomic E-state index is 11.7. The zero-order valence-corrected chi connectivity index (χ0v) is 10.3. The first-order valence-electron chi connectivity index (χ1n) is 5.91. The molecule has 0 atom stereocenters. The number of benzene rings is 1. The Balaban J connectivity index is 1.93. The summed E-state index contributed by atoms with van der Waals surface area (Å²) in [5.74, 6) is -0.206. The van der Waals surface area contributed by atoms with E-state index in [2.05, 4.69) is 34.3 Å². The summed E-state index contributed by atoms with van der Waals surface area (Å²) >= 11 is 0. The van der Waals surface area contributed by atoms with Crippen molar-refractivity contribution in [2.24, 2.45) is 0 Å². The summed E-state index contributed by atoms with van der Waals surface area (Å²) in [6.07, 6.45) is 5.52. The Morgan fingerprint density at radius 2 is 1.89 bits per heavy atom. The van der Waals surface area contributed by atoms with Gasteiger partial charge in [-0.1, -0.05) is 31.2 Å². The monoisotopic (exact) mass is 241 g/mol. The number of amides is 1. The highest BCUT2D eigenvalue weighted by molar-refractivity contribution is 5.91. The molecule has 0 aliphatic heterocycles. The van der Waals surface area contributed by atoms with Crippen LogP contribution in [0.25, 0.3) is 0 Å². The summed E-state index contributed by atoms with van der Waals surface area (Å²) in [6.45, 7) is 2.62. The molecule has 0 bridgehead atoms. The number of carbonyl (C=O) groups is 1. The van der Waals surface area contributed by atoms with Gasteiger partial charge in [0.1, 0.15) is 5.69 Å². The number of aryl methyl sites for hydroxylation is 1. The van der Waals surface area contributed by atoms with E-state index in [1.165, 1.54) is 18.0 Å². The molecule has 1 aromatic carbocycles. The largest absolute Gasteiger partial charge is 0.347 e. The lowest BCUT2D eigenvalue weighted by Gasteiger charge is -2.05. The van der Waals surface area contributed by atoms with Gasteiger partial charge in [-0.15, -0.1) is 0 Å². The first-order valence-corrected chi connectivity index (χ1v) is 5.91. The first kappa shape index (κ1) is 12.2. The summed E-state index contributed by atoms with van der Waals surface area (Å²) in [7, 11) is 0. The van der Waals surface area contributed by atoms with Crippen molar-refractivity contribution in [3.63, 3.8) is 0 Å². The average molecular weight is 241 g/mol. The van der Waals surface area contributed by atoms with Crippen LogP contribution in [-0.4, -0.2) is 15.9 Å². The predicted octanol–water partition coefficient (Wildman–Crippen LogP) is 1.97. The third-order valence-electron chi connectivity index (χ3n) is 2.68. The fraction of sp³-hybridized carbons (Fsp3) is 0.214. The minimum absolute atomic E-state index is 0.206. The quantitative estimate of drug-likeness (QED) is 0.890. The lowest BCUT2D eigenvalue weighted by atomic mass is 10.1. The highest BCUT2D eigenvalue weighted by atomic mass is 16.1. The minimum atomic E-state index is -0.206. The van der Waals surface area contributed by atoms with E-state index in [9.17, 15) is 4.79 Å². The second-order valence-electron chi connectivity index (χ2n) is 3.94. The van der Waals surface area contributed by atoms with Crippen LogP contribution in [0, 0.1) is 0 Å². The van der Waals surface area contributed by atoms with Gasteiger partial charge in [0.25, 0.3) is 5.91 Å². The molecule has 1 heterocycles. The number of aromatic nitrogens is 2. The normalized spacial score (nSPS) is 10.1. The highest BCUT2D eigenvalue weighted by Crippen LogP contribution is 2.05. The number of rotatable bonds is 4. The van der Waals surface area contributed by atoms with E-state index >= 15 is 0 Å². The molecule has 0 spiro atoms. The summed E-state index contributed by atoms with van der Waals surface area (Å²) in [4.78, 5) is 19.5. The molecule has 1 amide bonds. The zero-order valence-electron chi connectivity index (χ0n) is 10.3. The van der Waals surface area contributed by atoms with Crippen molar-refractivity contribution in [2.45, 2.75) is 19.9 Å². The first-order chi connectivity index (χ1) is 8.79. The molecule has 0 saturated carbocycles. The number of hydrogen-bond donors (Lipinski definition) is 1. The average Bonchev–Trinajstić information content (AvgIpc) is 2.46. The smallest absolute Gasteiger partial charge is 0.271 e. The molecule has 2 rings (SSSR count). The van der Waals surface area contributed by atoms with Crippen LogP contribution >= 0.6 is 0 Å². The van der Waals surface area contributed by atoms with Crippen molar-refractivity contribution >= 4 is 5.91 Å². The second-order valence-corrected chi connectivity index (χ2v) is 3.94. The molecule has 0 saturated heterocycles. The van der Waals surface area contributed by atoms with Crippen molar-refractivity contribution in [3.8, 4) is 0 Å². The van der Waals surface area contributed by atoms with Gasteiger partial charge in [0, 0.05) is 18.9 Å². The molecule has 0 radical (unpaired) electrons. The SMILES string of the molecule is CCc1ccc(CNC(=O)c2cnccn2)cc1. The third kappa shape index (κ3) is 3.13. The molecular formula is C14H15N3O. The Kier molecular flexibility index (Phi) is 4.02.